The van der Waals surface area contributed by atoms with Crippen molar-refractivity contribution in [1.82, 2.24) is 4.90 Å². The number of carbonyl (C=O) groups excluding carboxylic acids is 1. The number of hydrogen-bond donors (Lipinski definition) is 1. The summed E-state index contributed by atoms with van der Waals surface area (Å²) in [7, 11) is 0. The quantitative estimate of drug-likeness (QED) is 0.669. The molecule has 1 heterocycles. The summed E-state index contributed by atoms with van der Waals surface area (Å²) in [5, 5.41) is 13.3. The number of hydrogen-bond acceptors (Lipinski definition) is 4. The number of amides is 1. The van der Waals surface area contributed by atoms with Crippen LogP contribution in [0, 0.1) is 16.0 Å². The minimum absolute atomic E-state index is 0.0464. The second-order valence-electron chi connectivity index (χ2n) is 5.29. The van der Waals surface area contributed by atoms with Gasteiger partial charge in [0.25, 0.3) is 5.69 Å². The lowest BCUT2D eigenvalue weighted by molar-refractivity contribution is -0.383. The van der Waals surface area contributed by atoms with Gasteiger partial charge in [-0.05, 0) is 25.5 Å². The number of nitro benzene ring substituents is 1. The standard InChI is InChI=1S/C14H17F2N3O3/c15-14(16)10-4-3-7-18(8-10)9-13(20)17-11-5-1-2-6-12(11)19(21)22/h1-2,5-6,10,14H,3-4,7-9H2,(H,17,20). The van der Waals surface area contributed by atoms with Gasteiger partial charge in [-0.3, -0.25) is 19.8 Å². The fourth-order valence-electron chi connectivity index (χ4n) is 2.57. The zero-order valence-corrected chi connectivity index (χ0v) is 11.9. The van der Waals surface area contributed by atoms with Crippen LogP contribution in [-0.2, 0) is 4.79 Å². The molecule has 8 heteroatoms. The highest BCUT2D eigenvalue weighted by molar-refractivity contribution is 5.94. The molecular weight excluding hydrogens is 296 g/mol. The number of benzene rings is 1. The Morgan fingerprint density at radius 2 is 2.18 bits per heavy atom. The normalized spacial score (nSPS) is 19.1. The van der Waals surface area contributed by atoms with Crippen LogP contribution in [0.1, 0.15) is 12.8 Å². The first-order valence-corrected chi connectivity index (χ1v) is 7.01. The molecule has 2 rings (SSSR count). The first-order chi connectivity index (χ1) is 10.5. The average molecular weight is 313 g/mol. The van der Waals surface area contributed by atoms with E-state index >= 15 is 0 Å². The van der Waals surface area contributed by atoms with Crippen molar-refractivity contribution in [3.8, 4) is 0 Å². The highest BCUT2D eigenvalue weighted by Crippen LogP contribution is 2.24. The molecule has 6 nitrogen and oxygen atoms in total. The Labute approximate surface area is 126 Å². The molecule has 0 radical (unpaired) electrons. The van der Waals surface area contributed by atoms with E-state index in [1.54, 1.807) is 11.0 Å². The van der Waals surface area contributed by atoms with Gasteiger partial charge in [-0.1, -0.05) is 12.1 Å². The van der Waals surface area contributed by atoms with E-state index in [9.17, 15) is 23.7 Å². The Balaban J connectivity index is 1.94. The number of para-hydroxylation sites is 2. The summed E-state index contributed by atoms with van der Waals surface area (Å²) in [6.07, 6.45) is -1.31. The van der Waals surface area contributed by atoms with Crippen molar-refractivity contribution in [2.75, 3.05) is 25.0 Å². The Hall–Kier alpha value is -2.09. The topological polar surface area (TPSA) is 75.5 Å². The fraction of sp³-hybridized carbons (Fsp3) is 0.500. The number of rotatable bonds is 5. The molecule has 0 spiro atoms. The van der Waals surface area contributed by atoms with Crippen LogP contribution in [0.15, 0.2) is 24.3 Å². The lowest BCUT2D eigenvalue weighted by Crippen LogP contribution is -2.42. The monoisotopic (exact) mass is 313 g/mol. The van der Waals surface area contributed by atoms with Crippen LogP contribution in [0.2, 0.25) is 0 Å². The Morgan fingerprint density at radius 1 is 1.45 bits per heavy atom. The molecular formula is C14H17F2N3O3. The van der Waals surface area contributed by atoms with Crippen LogP contribution < -0.4 is 5.32 Å². The summed E-state index contributed by atoms with van der Waals surface area (Å²) < 4.78 is 25.4. The molecule has 22 heavy (non-hydrogen) atoms. The number of alkyl halides is 2. The van der Waals surface area contributed by atoms with E-state index in [0.717, 1.165) is 0 Å². The minimum Gasteiger partial charge on any atom is -0.319 e. The van der Waals surface area contributed by atoms with Gasteiger partial charge < -0.3 is 5.32 Å². The fourth-order valence-corrected chi connectivity index (χ4v) is 2.57. The molecule has 1 aliphatic rings. The maximum absolute atomic E-state index is 12.7. The number of piperidine rings is 1. The van der Waals surface area contributed by atoms with E-state index in [4.69, 9.17) is 0 Å². The maximum Gasteiger partial charge on any atom is 0.292 e. The Bertz CT molecular complexity index is 554. The largest absolute Gasteiger partial charge is 0.319 e. The number of carbonyl (C=O) groups is 1. The summed E-state index contributed by atoms with van der Waals surface area (Å²) in [6, 6.07) is 5.82. The van der Waals surface area contributed by atoms with E-state index < -0.39 is 23.2 Å². The smallest absolute Gasteiger partial charge is 0.292 e. The summed E-state index contributed by atoms with van der Waals surface area (Å²) in [5.41, 5.74) is -0.0835. The average Bonchev–Trinajstić information content (AvgIpc) is 2.47. The first kappa shape index (κ1) is 16.3. The molecule has 1 fully saturated rings. The zero-order valence-electron chi connectivity index (χ0n) is 11.9. The number of halogens is 2. The van der Waals surface area contributed by atoms with Gasteiger partial charge in [-0.2, -0.15) is 0 Å². The second kappa shape index (κ2) is 7.26. The molecule has 1 saturated heterocycles. The molecule has 1 aliphatic heterocycles. The highest BCUT2D eigenvalue weighted by Gasteiger charge is 2.28. The number of likely N-dealkylation sites (tertiary alicyclic amines) is 1. The van der Waals surface area contributed by atoms with Gasteiger partial charge in [0.15, 0.2) is 0 Å². The van der Waals surface area contributed by atoms with E-state index in [0.29, 0.717) is 19.4 Å². The van der Waals surface area contributed by atoms with Crippen LogP contribution in [0.25, 0.3) is 0 Å². The molecule has 0 aliphatic carbocycles. The van der Waals surface area contributed by atoms with Crippen LogP contribution in [0.3, 0.4) is 0 Å². The molecule has 1 atom stereocenters. The Morgan fingerprint density at radius 3 is 2.86 bits per heavy atom. The van der Waals surface area contributed by atoms with Gasteiger partial charge in [0.05, 0.1) is 11.5 Å². The first-order valence-electron chi connectivity index (χ1n) is 7.01. The van der Waals surface area contributed by atoms with Crippen LogP contribution in [-0.4, -0.2) is 41.8 Å². The highest BCUT2D eigenvalue weighted by atomic mass is 19.3. The maximum atomic E-state index is 12.7. The van der Waals surface area contributed by atoms with Crippen LogP contribution >= 0.6 is 0 Å². The molecule has 120 valence electrons. The van der Waals surface area contributed by atoms with Crippen LogP contribution in [0.4, 0.5) is 20.2 Å². The number of nitrogens with one attached hydrogen (secondary N) is 1. The van der Waals surface area contributed by atoms with Crippen molar-refractivity contribution in [1.29, 1.82) is 0 Å². The summed E-state index contributed by atoms with van der Waals surface area (Å²) in [5.74, 6) is -1.16. The molecule has 1 amide bonds. The van der Waals surface area contributed by atoms with E-state index in [2.05, 4.69) is 5.32 Å². The van der Waals surface area contributed by atoms with Crippen molar-refractivity contribution in [2.24, 2.45) is 5.92 Å². The van der Waals surface area contributed by atoms with Crippen molar-refractivity contribution in [3.05, 3.63) is 34.4 Å². The SMILES string of the molecule is O=C(CN1CCCC(C(F)F)C1)Nc1ccccc1[N+](=O)[O-]. The van der Waals surface area contributed by atoms with Gasteiger partial charge in [0.2, 0.25) is 12.3 Å². The molecule has 1 unspecified atom stereocenters. The lowest BCUT2D eigenvalue weighted by atomic mass is 9.99. The van der Waals surface area contributed by atoms with E-state index in [1.807, 2.05) is 0 Å². The molecule has 0 saturated carbocycles. The molecule has 0 aromatic heterocycles. The molecule has 1 aromatic carbocycles. The van der Waals surface area contributed by atoms with Crippen molar-refractivity contribution in [2.45, 2.75) is 19.3 Å². The summed E-state index contributed by atoms with van der Waals surface area (Å²) in [6.45, 7) is 0.699. The molecule has 0 bridgehead atoms. The minimum atomic E-state index is -2.39. The van der Waals surface area contributed by atoms with Gasteiger partial charge in [-0.25, -0.2) is 8.78 Å². The number of nitro groups is 1. The third-order valence-corrected chi connectivity index (χ3v) is 3.64. The molecule has 1 N–H and O–H groups in total. The Kier molecular flexibility index (Phi) is 5.37. The zero-order chi connectivity index (χ0) is 16.1. The van der Waals surface area contributed by atoms with Crippen molar-refractivity contribution in [3.63, 3.8) is 0 Å². The summed E-state index contributed by atoms with van der Waals surface area (Å²) in [4.78, 5) is 23.9. The summed E-state index contributed by atoms with van der Waals surface area (Å²) >= 11 is 0. The van der Waals surface area contributed by atoms with Gasteiger partial charge in [0.1, 0.15) is 5.69 Å². The second-order valence-corrected chi connectivity index (χ2v) is 5.29. The van der Waals surface area contributed by atoms with Crippen LogP contribution in [0.5, 0.6) is 0 Å². The van der Waals surface area contributed by atoms with Crippen molar-refractivity contribution >= 4 is 17.3 Å². The van der Waals surface area contributed by atoms with Gasteiger partial charge in [0, 0.05) is 18.5 Å². The lowest BCUT2D eigenvalue weighted by Gasteiger charge is -2.31. The number of anilines is 1. The molecule has 1 aromatic rings. The number of nitrogens with zero attached hydrogens (tertiary/aromatic N) is 2. The third-order valence-electron chi connectivity index (χ3n) is 3.64. The predicted octanol–water partition coefficient (Wildman–Crippen LogP) is 2.51. The van der Waals surface area contributed by atoms with E-state index in [1.165, 1.54) is 18.2 Å². The van der Waals surface area contributed by atoms with Gasteiger partial charge in [-0.15, -0.1) is 0 Å². The van der Waals surface area contributed by atoms with E-state index in [-0.39, 0.29) is 24.5 Å². The van der Waals surface area contributed by atoms with Gasteiger partial charge >= 0.3 is 0 Å². The third kappa shape index (κ3) is 4.20. The van der Waals surface area contributed by atoms with Crippen molar-refractivity contribution < 1.29 is 18.5 Å². The predicted molar refractivity (Wildman–Crippen MR) is 76.9 cm³/mol.